The number of likely N-dealkylation sites (tertiary alicyclic amines) is 1. The molecule has 0 aromatic heterocycles. The average Bonchev–Trinajstić information content (AvgIpc) is 3.16. The molecule has 2 aliphatic rings. The number of nitrogens with one attached hydrogen (secondary N) is 1. The first-order chi connectivity index (χ1) is 11.6. The van der Waals surface area contributed by atoms with Gasteiger partial charge in [0.1, 0.15) is 5.54 Å². The summed E-state index contributed by atoms with van der Waals surface area (Å²) in [4.78, 5) is 14.4. The van der Waals surface area contributed by atoms with Crippen LogP contribution in [0.25, 0.3) is 11.1 Å². The molecule has 0 aliphatic carbocycles. The van der Waals surface area contributed by atoms with Gasteiger partial charge in [-0.05, 0) is 54.5 Å². The van der Waals surface area contributed by atoms with Gasteiger partial charge in [0, 0.05) is 19.6 Å². The first-order valence-corrected chi connectivity index (χ1v) is 8.78. The predicted molar refractivity (Wildman–Crippen MR) is 96.7 cm³/mol. The minimum absolute atomic E-state index is 0.264. The molecule has 1 spiro atoms. The number of likely N-dealkylation sites (N-methyl/N-ethyl adjacent to an activating group) is 1. The number of hydrogen-bond donors (Lipinski definition) is 1. The van der Waals surface area contributed by atoms with Crippen molar-refractivity contribution < 1.29 is 4.79 Å². The largest absolute Gasteiger partial charge is 0.344 e. The summed E-state index contributed by atoms with van der Waals surface area (Å²) in [5, 5.41) is 3.66. The van der Waals surface area contributed by atoms with Crippen LogP contribution in [0, 0.1) is 6.92 Å². The lowest BCUT2D eigenvalue weighted by Gasteiger charge is -2.23. The zero-order valence-corrected chi connectivity index (χ0v) is 14.4. The number of amides is 1. The summed E-state index contributed by atoms with van der Waals surface area (Å²) in [7, 11) is 1.91. The Morgan fingerprint density at radius 2 is 1.96 bits per heavy atom. The van der Waals surface area contributed by atoms with Crippen LogP contribution in [-0.2, 0) is 4.79 Å². The normalized spacial score (nSPS) is 26.5. The SMILES string of the molecule is Cc1ccccc1-c1cccc([C@@H]2CC[C@@]3(CCN(C)C3=O)N2)c1. The highest BCUT2D eigenvalue weighted by Crippen LogP contribution is 2.39. The molecule has 0 radical (unpaired) electrons. The fourth-order valence-corrected chi connectivity index (χ4v) is 4.24. The molecule has 1 amide bonds. The summed E-state index contributed by atoms with van der Waals surface area (Å²) in [6.45, 7) is 3.01. The molecule has 24 heavy (non-hydrogen) atoms. The first-order valence-electron chi connectivity index (χ1n) is 8.78. The highest BCUT2D eigenvalue weighted by molar-refractivity contribution is 5.88. The molecular formula is C21H24N2O. The van der Waals surface area contributed by atoms with Crippen molar-refractivity contribution in [1.82, 2.24) is 10.2 Å². The van der Waals surface area contributed by atoms with E-state index in [4.69, 9.17) is 0 Å². The van der Waals surface area contributed by atoms with Crippen molar-refractivity contribution in [2.75, 3.05) is 13.6 Å². The van der Waals surface area contributed by atoms with Crippen LogP contribution in [-0.4, -0.2) is 29.9 Å². The van der Waals surface area contributed by atoms with Gasteiger partial charge in [-0.25, -0.2) is 0 Å². The van der Waals surface area contributed by atoms with E-state index in [1.54, 1.807) is 0 Å². The molecule has 0 unspecified atom stereocenters. The zero-order valence-electron chi connectivity index (χ0n) is 14.4. The van der Waals surface area contributed by atoms with Gasteiger partial charge in [0.15, 0.2) is 0 Å². The second kappa shape index (κ2) is 5.75. The van der Waals surface area contributed by atoms with Crippen molar-refractivity contribution in [2.45, 2.75) is 37.8 Å². The smallest absolute Gasteiger partial charge is 0.242 e. The van der Waals surface area contributed by atoms with Gasteiger partial charge in [0.05, 0.1) is 0 Å². The molecule has 4 rings (SSSR count). The lowest BCUT2D eigenvalue weighted by Crippen LogP contribution is -2.47. The third-order valence-corrected chi connectivity index (χ3v) is 5.69. The van der Waals surface area contributed by atoms with Gasteiger partial charge in [-0.3, -0.25) is 10.1 Å². The molecule has 2 heterocycles. The Bertz CT molecular complexity index is 785. The van der Waals surface area contributed by atoms with Crippen LogP contribution < -0.4 is 5.32 Å². The summed E-state index contributed by atoms with van der Waals surface area (Å²) < 4.78 is 0. The summed E-state index contributed by atoms with van der Waals surface area (Å²) >= 11 is 0. The zero-order chi connectivity index (χ0) is 16.7. The van der Waals surface area contributed by atoms with Gasteiger partial charge in [0.2, 0.25) is 5.91 Å². The second-order valence-electron chi connectivity index (χ2n) is 7.23. The van der Waals surface area contributed by atoms with Crippen molar-refractivity contribution in [3.05, 3.63) is 59.7 Å². The molecule has 3 heteroatoms. The van der Waals surface area contributed by atoms with Gasteiger partial charge in [-0.1, -0.05) is 42.5 Å². The molecule has 0 bridgehead atoms. The van der Waals surface area contributed by atoms with E-state index in [9.17, 15) is 4.79 Å². The number of nitrogens with zero attached hydrogens (tertiary/aromatic N) is 1. The molecule has 0 saturated carbocycles. The molecule has 2 atom stereocenters. The summed E-state index contributed by atoms with van der Waals surface area (Å²) in [6, 6.07) is 17.5. The number of rotatable bonds is 2. The summed E-state index contributed by atoms with van der Waals surface area (Å²) in [5.74, 6) is 0.264. The van der Waals surface area contributed by atoms with Gasteiger partial charge < -0.3 is 4.90 Å². The van der Waals surface area contributed by atoms with E-state index in [1.807, 2.05) is 11.9 Å². The fourth-order valence-electron chi connectivity index (χ4n) is 4.24. The van der Waals surface area contributed by atoms with Gasteiger partial charge in [0.25, 0.3) is 0 Å². The molecule has 2 fully saturated rings. The van der Waals surface area contributed by atoms with Crippen molar-refractivity contribution >= 4 is 5.91 Å². The van der Waals surface area contributed by atoms with Crippen LogP contribution in [0.1, 0.15) is 36.4 Å². The maximum Gasteiger partial charge on any atom is 0.242 e. The van der Waals surface area contributed by atoms with Crippen LogP contribution in [0.2, 0.25) is 0 Å². The monoisotopic (exact) mass is 320 g/mol. The summed E-state index contributed by atoms with van der Waals surface area (Å²) in [5.41, 5.74) is 4.79. The number of hydrogen-bond acceptors (Lipinski definition) is 2. The molecule has 2 saturated heterocycles. The third-order valence-electron chi connectivity index (χ3n) is 5.69. The van der Waals surface area contributed by atoms with E-state index in [0.29, 0.717) is 0 Å². The number of benzene rings is 2. The van der Waals surface area contributed by atoms with E-state index in [1.165, 1.54) is 22.3 Å². The number of carbonyl (C=O) groups is 1. The number of carbonyl (C=O) groups excluding carboxylic acids is 1. The maximum absolute atomic E-state index is 12.5. The summed E-state index contributed by atoms with van der Waals surface area (Å²) in [6.07, 6.45) is 2.89. The lowest BCUT2D eigenvalue weighted by molar-refractivity contribution is -0.131. The molecule has 2 aliphatic heterocycles. The molecular weight excluding hydrogens is 296 g/mol. The van der Waals surface area contributed by atoms with Gasteiger partial charge >= 0.3 is 0 Å². The Labute approximate surface area is 143 Å². The molecule has 2 aromatic carbocycles. The molecule has 2 aromatic rings. The van der Waals surface area contributed by atoms with E-state index in [-0.39, 0.29) is 17.5 Å². The number of aryl methyl sites for hydroxylation is 1. The third kappa shape index (κ3) is 2.44. The quantitative estimate of drug-likeness (QED) is 0.915. The van der Waals surface area contributed by atoms with Crippen LogP contribution in [0.3, 0.4) is 0 Å². The Morgan fingerprint density at radius 3 is 2.71 bits per heavy atom. The minimum Gasteiger partial charge on any atom is -0.344 e. The average molecular weight is 320 g/mol. The topological polar surface area (TPSA) is 32.3 Å². The van der Waals surface area contributed by atoms with Crippen molar-refractivity contribution in [3.8, 4) is 11.1 Å². The highest BCUT2D eigenvalue weighted by atomic mass is 16.2. The molecule has 1 N–H and O–H groups in total. The van der Waals surface area contributed by atoms with E-state index in [2.05, 4.69) is 60.8 Å². The van der Waals surface area contributed by atoms with Crippen LogP contribution in [0.4, 0.5) is 0 Å². The lowest BCUT2D eigenvalue weighted by atomic mass is 9.95. The minimum atomic E-state index is -0.321. The Hall–Kier alpha value is -2.13. The Balaban J connectivity index is 1.62. The standard InChI is InChI=1S/C21H24N2O/c1-15-6-3-4-9-18(15)16-7-5-8-17(14-16)19-10-11-21(22-19)12-13-23(2)20(21)24/h3-9,14,19,22H,10-13H2,1-2H3/t19-,21-/m0/s1. The Morgan fingerprint density at radius 1 is 1.12 bits per heavy atom. The van der Waals surface area contributed by atoms with Crippen LogP contribution in [0.5, 0.6) is 0 Å². The van der Waals surface area contributed by atoms with E-state index < -0.39 is 0 Å². The maximum atomic E-state index is 12.5. The van der Waals surface area contributed by atoms with Gasteiger partial charge in [-0.2, -0.15) is 0 Å². The first kappa shape index (κ1) is 15.4. The van der Waals surface area contributed by atoms with Crippen LogP contribution >= 0.6 is 0 Å². The molecule has 3 nitrogen and oxygen atoms in total. The van der Waals surface area contributed by atoms with E-state index in [0.717, 1.165) is 25.8 Å². The highest BCUT2D eigenvalue weighted by Gasteiger charge is 2.49. The molecule has 124 valence electrons. The fraction of sp³-hybridized carbons (Fsp3) is 0.381. The van der Waals surface area contributed by atoms with E-state index >= 15 is 0 Å². The van der Waals surface area contributed by atoms with Crippen molar-refractivity contribution in [3.63, 3.8) is 0 Å². The van der Waals surface area contributed by atoms with Crippen molar-refractivity contribution in [1.29, 1.82) is 0 Å². The second-order valence-corrected chi connectivity index (χ2v) is 7.23. The van der Waals surface area contributed by atoms with Crippen molar-refractivity contribution in [2.24, 2.45) is 0 Å². The Kier molecular flexibility index (Phi) is 3.69. The van der Waals surface area contributed by atoms with Crippen LogP contribution in [0.15, 0.2) is 48.5 Å². The van der Waals surface area contributed by atoms with Gasteiger partial charge in [-0.15, -0.1) is 0 Å². The predicted octanol–water partition coefficient (Wildman–Crippen LogP) is 3.69.